The summed E-state index contributed by atoms with van der Waals surface area (Å²) in [6.45, 7) is 0. The van der Waals surface area contributed by atoms with Crippen LogP contribution in [0.3, 0.4) is 0 Å². The van der Waals surface area contributed by atoms with Crippen LogP contribution in [0.25, 0.3) is 5.76 Å². The number of amides is 1. The molecule has 1 atom stereocenters. The number of carbonyl (C=O) groups excluding carboxylic acids is 2. The molecule has 1 N–H and O–H groups in total. The minimum absolute atomic E-state index is 0.0282. The van der Waals surface area contributed by atoms with Crippen molar-refractivity contribution in [3.05, 3.63) is 105 Å². The maximum absolute atomic E-state index is 13.0. The van der Waals surface area contributed by atoms with Crippen molar-refractivity contribution in [3.63, 3.8) is 0 Å². The van der Waals surface area contributed by atoms with Crippen LogP contribution < -0.4 is 4.90 Å². The van der Waals surface area contributed by atoms with Gasteiger partial charge in [-0.3, -0.25) is 14.5 Å². The zero-order chi connectivity index (χ0) is 21.4. The lowest BCUT2D eigenvalue weighted by atomic mass is 9.95. The average Bonchev–Trinajstić information content (AvgIpc) is 3.02. The molecule has 1 fully saturated rings. The van der Waals surface area contributed by atoms with Crippen LogP contribution in [0.4, 0.5) is 5.69 Å². The number of ketones is 1. The largest absolute Gasteiger partial charge is 0.507 e. The molecule has 0 radical (unpaired) electrons. The van der Waals surface area contributed by atoms with E-state index in [1.165, 1.54) is 17.0 Å². The van der Waals surface area contributed by atoms with E-state index in [9.17, 15) is 14.7 Å². The van der Waals surface area contributed by atoms with E-state index in [0.29, 0.717) is 26.9 Å². The number of anilines is 1. The Morgan fingerprint density at radius 1 is 0.833 bits per heavy atom. The van der Waals surface area contributed by atoms with E-state index in [-0.39, 0.29) is 16.4 Å². The normalized spacial score (nSPS) is 18.1. The van der Waals surface area contributed by atoms with Crippen LogP contribution >= 0.6 is 34.8 Å². The molecule has 1 saturated heterocycles. The van der Waals surface area contributed by atoms with Gasteiger partial charge in [-0.25, -0.2) is 0 Å². The van der Waals surface area contributed by atoms with Crippen LogP contribution in [0, 0.1) is 0 Å². The number of Topliss-reactive ketones (excluding diaryl/α,β-unsaturated/α-hetero) is 1. The van der Waals surface area contributed by atoms with Gasteiger partial charge in [-0.2, -0.15) is 0 Å². The molecular weight excluding hydrogens is 445 g/mol. The number of nitrogens with zero attached hydrogens (tertiary/aromatic N) is 1. The first kappa shape index (κ1) is 20.5. The fraction of sp³-hybridized carbons (Fsp3) is 0.0435. The van der Waals surface area contributed by atoms with Crippen molar-refractivity contribution >= 4 is 57.9 Å². The molecule has 0 spiro atoms. The van der Waals surface area contributed by atoms with Crippen molar-refractivity contribution < 1.29 is 14.7 Å². The number of carbonyl (C=O) groups is 2. The average molecular weight is 459 g/mol. The number of aliphatic hydroxyl groups excluding tert-OH is 1. The summed E-state index contributed by atoms with van der Waals surface area (Å²) < 4.78 is 0. The first-order valence-electron chi connectivity index (χ1n) is 8.95. The van der Waals surface area contributed by atoms with Crippen molar-refractivity contribution in [2.45, 2.75) is 6.04 Å². The molecule has 4 nitrogen and oxygen atoms in total. The van der Waals surface area contributed by atoms with E-state index in [2.05, 4.69) is 0 Å². The van der Waals surface area contributed by atoms with Crippen LogP contribution in [-0.2, 0) is 9.59 Å². The second-order valence-electron chi connectivity index (χ2n) is 6.69. The van der Waals surface area contributed by atoms with Crippen LogP contribution in [0.5, 0.6) is 0 Å². The summed E-state index contributed by atoms with van der Waals surface area (Å²) >= 11 is 18.0. The third kappa shape index (κ3) is 3.58. The van der Waals surface area contributed by atoms with Crippen LogP contribution in [0.2, 0.25) is 15.1 Å². The molecule has 1 heterocycles. The van der Waals surface area contributed by atoms with E-state index in [1.807, 2.05) is 6.07 Å². The van der Waals surface area contributed by atoms with Gasteiger partial charge < -0.3 is 5.11 Å². The summed E-state index contributed by atoms with van der Waals surface area (Å²) in [4.78, 5) is 27.4. The van der Waals surface area contributed by atoms with Crippen molar-refractivity contribution in [1.82, 2.24) is 0 Å². The topological polar surface area (TPSA) is 57.6 Å². The summed E-state index contributed by atoms with van der Waals surface area (Å²) in [7, 11) is 0. The summed E-state index contributed by atoms with van der Waals surface area (Å²) in [5.41, 5.74) is 1.43. The Kier molecular flexibility index (Phi) is 5.56. The first-order chi connectivity index (χ1) is 14.4. The lowest BCUT2D eigenvalue weighted by molar-refractivity contribution is -0.132. The molecule has 1 aliphatic heterocycles. The predicted molar refractivity (Wildman–Crippen MR) is 119 cm³/mol. The van der Waals surface area contributed by atoms with Crippen LogP contribution in [-0.4, -0.2) is 16.8 Å². The molecule has 3 aromatic carbocycles. The number of aliphatic hydroxyl groups is 1. The number of hydrogen-bond donors (Lipinski definition) is 1. The van der Waals surface area contributed by atoms with E-state index < -0.39 is 17.7 Å². The molecule has 1 aliphatic rings. The summed E-state index contributed by atoms with van der Waals surface area (Å²) in [6.07, 6.45) is 0. The quantitative estimate of drug-likeness (QED) is 0.286. The van der Waals surface area contributed by atoms with Gasteiger partial charge >= 0.3 is 0 Å². The molecule has 0 saturated carbocycles. The van der Waals surface area contributed by atoms with Gasteiger partial charge in [0.1, 0.15) is 5.76 Å². The zero-order valence-electron chi connectivity index (χ0n) is 15.4. The number of rotatable bonds is 3. The minimum atomic E-state index is -0.818. The molecule has 150 valence electrons. The second kappa shape index (κ2) is 8.15. The Morgan fingerprint density at radius 2 is 1.50 bits per heavy atom. The monoisotopic (exact) mass is 457 g/mol. The maximum atomic E-state index is 13.0. The van der Waals surface area contributed by atoms with Gasteiger partial charge in [0.25, 0.3) is 11.7 Å². The minimum Gasteiger partial charge on any atom is -0.507 e. The van der Waals surface area contributed by atoms with Gasteiger partial charge in [0.15, 0.2) is 0 Å². The lowest BCUT2D eigenvalue weighted by Gasteiger charge is -2.25. The highest BCUT2D eigenvalue weighted by molar-refractivity contribution is 6.52. The van der Waals surface area contributed by atoms with Crippen LogP contribution in [0.1, 0.15) is 17.2 Å². The van der Waals surface area contributed by atoms with Crippen molar-refractivity contribution in [3.8, 4) is 0 Å². The fourth-order valence-corrected chi connectivity index (χ4v) is 3.87. The molecule has 4 rings (SSSR count). The van der Waals surface area contributed by atoms with E-state index in [4.69, 9.17) is 34.8 Å². The highest BCUT2D eigenvalue weighted by Gasteiger charge is 2.46. The maximum Gasteiger partial charge on any atom is 0.300 e. The third-order valence-electron chi connectivity index (χ3n) is 4.86. The van der Waals surface area contributed by atoms with Crippen LogP contribution in [0.15, 0.2) is 78.4 Å². The molecule has 0 aromatic heterocycles. The molecule has 1 unspecified atom stereocenters. The van der Waals surface area contributed by atoms with Gasteiger partial charge in [0.2, 0.25) is 0 Å². The standard InChI is InChI=1S/C23H14Cl3NO3/c24-15-7-9-16(10-8-15)27-20(13-4-2-1-3-5-13)19(22(29)23(27)30)21(28)14-6-11-17(25)18(26)12-14/h1-12,20,28H/b21-19-. The Labute approximate surface area is 187 Å². The number of hydrogen-bond acceptors (Lipinski definition) is 3. The second-order valence-corrected chi connectivity index (χ2v) is 7.94. The van der Waals surface area contributed by atoms with E-state index >= 15 is 0 Å². The molecular formula is C23H14Cl3NO3. The SMILES string of the molecule is O=C1C(=O)N(c2ccc(Cl)cc2)C(c2ccccc2)/C1=C(/O)c1ccc(Cl)c(Cl)c1. The van der Waals surface area contributed by atoms with E-state index in [1.54, 1.807) is 54.6 Å². The molecule has 30 heavy (non-hydrogen) atoms. The molecule has 1 amide bonds. The van der Waals surface area contributed by atoms with Crippen molar-refractivity contribution in [1.29, 1.82) is 0 Å². The van der Waals surface area contributed by atoms with Gasteiger partial charge in [-0.05, 0) is 48.0 Å². The molecule has 7 heteroatoms. The number of halogens is 3. The van der Waals surface area contributed by atoms with Crippen molar-refractivity contribution in [2.24, 2.45) is 0 Å². The Bertz CT molecular complexity index is 1170. The zero-order valence-corrected chi connectivity index (χ0v) is 17.6. The summed E-state index contributed by atoms with van der Waals surface area (Å²) in [5, 5.41) is 12.1. The fourth-order valence-electron chi connectivity index (χ4n) is 3.45. The molecule has 3 aromatic rings. The Balaban J connectivity index is 1.94. The lowest BCUT2D eigenvalue weighted by Crippen LogP contribution is -2.29. The van der Waals surface area contributed by atoms with Gasteiger partial charge in [-0.1, -0.05) is 65.1 Å². The first-order valence-corrected chi connectivity index (χ1v) is 10.1. The number of benzene rings is 3. The Morgan fingerprint density at radius 3 is 2.13 bits per heavy atom. The van der Waals surface area contributed by atoms with Gasteiger partial charge in [0, 0.05) is 16.3 Å². The van der Waals surface area contributed by atoms with Gasteiger partial charge in [0.05, 0.1) is 21.7 Å². The molecule has 0 aliphatic carbocycles. The van der Waals surface area contributed by atoms with Gasteiger partial charge in [-0.15, -0.1) is 0 Å². The third-order valence-corrected chi connectivity index (χ3v) is 5.85. The van der Waals surface area contributed by atoms with E-state index in [0.717, 1.165) is 0 Å². The predicted octanol–water partition coefficient (Wildman–Crippen LogP) is 6.27. The summed E-state index contributed by atoms with van der Waals surface area (Å²) in [6, 6.07) is 19.3. The molecule has 0 bridgehead atoms. The smallest absolute Gasteiger partial charge is 0.300 e. The highest BCUT2D eigenvalue weighted by atomic mass is 35.5. The highest BCUT2D eigenvalue weighted by Crippen LogP contribution is 2.42. The Hall–Kier alpha value is -2.79. The summed E-state index contributed by atoms with van der Waals surface area (Å²) in [5.74, 6) is -1.85. The van der Waals surface area contributed by atoms with Crippen molar-refractivity contribution in [2.75, 3.05) is 4.90 Å².